The molecule has 2 aromatic heterocycles. The zero-order chi connectivity index (χ0) is 22.6. The molecule has 5 rings (SSSR count). The molecular weight excluding hydrogens is 423 g/mol. The van der Waals surface area contributed by atoms with Crippen LogP contribution in [-0.4, -0.2) is 58.4 Å². The lowest BCUT2D eigenvalue weighted by molar-refractivity contribution is -0.274. The molecule has 1 saturated heterocycles. The summed E-state index contributed by atoms with van der Waals surface area (Å²) >= 11 is 0. The van der Waals surface area contributed by atoms with Crippen LogP contribution in [-0.2, 0) is 4.74 Å². The Labute approximate surface area is 184 Å². The minimum atomic E-state index is -4.83. The predicted octanol–water partition coefficient (Wildman–Crippen LogP) is 3.83. The Hall–Kier alpha value is -2.33. The molecule has 7 nitrogen and oxygen atoms in total. The Morgan fingerprint density at radius 3 is 2.47 bits per heavy atom. The number of nitrogens with zero attached hydrogens (tertiary/aromatic N) is 4. The van der Waals surface area contributed by atoms with E-state index in [0.29, 0.717) is 35.1 Å². The number of pyridine rings is 1. The number of anilines is 1. The first-order chi connectivity index (χ1) is 15.2. The minimum absolute atomic E-state index is 0.141. The van der Waals surface area contributed by atoms with Crippen LogP contribution >= 0.6 is 0 Å². The molecule has 0 amide bonds. The molecule has 0 unspecified atom stereocenters. The van der Waals surface area contributed by atoms with Crippen molar-refractivity contribution in [1.29, 1.82) is 0 Å². The van der Waals surface area contributed by atoms with Crippen LogP contribution < -0.4 is 10.5 Å². The van der Waals surface area contributed by atoms with Gasteiger partial charge in [-0.2, -0.15) is 5.10 Å². The number of ether oxygens (including phenoxy) is 2. The summed E-state index contributed by atoms with van der Waals surface area (Å²) in [4.78, 5) is 6.45. The van der Waals surface area contributed by atoms with E-state index >= 15 is 0 Å². The number of morpholine rings is 1. The van der Waals surface area contributed by atoms with Gasteiger partial charge in [0.05, 0.1) is 18.9 Å². The van der Waals surface area contributed by atoms with Crippen LogP contribution in [0.25, 0.3) is 11.3 Å². The fourth-order valence-electron chi connectivity index (χ4n) is 5.51. The molecule has 0 bridgehead atoms. The summed E-state index contributed by atoms with van der Waals surface area (Å²) in [6.45, 7) is 7.77. The number of rotatable bonds is 5. The van der Waals surface area contributed by atoms with Crippen LogP contribution in [0, 0.1) is 11.8 Å². The normalized spacial score (nSPS) is 28.2. The number of hydrogen-bond acceptors (Lipinski definition) is 6. The molecule has 3 fully saturated rings. The Morgan fingerprint density at radius 2 is 1.84 bits per heavy atom. The van der Waals surface area contributed by atoms with Gasteiger partial charge in [-0.3, -0.25) is 9.58 Å². The number of aromatic nitrogens is 3. The molecule has 174 valence electrons. The molecule has 0 aromatic carbocycles. The number of alkyl halides is 3. The summed E-state index contributed by atoms with van der Waals surface area (Å²) in [5.74, 6) is 0.911. The second-order valence-electron chi connectivity index (χ2n) is 9.27. The highest BCUT2D eigenvalue weighted by molar-refractivity contribution is 5.64. The van der Waals surface area contributed by atoms with Crippen LogP contribution in [0.2, 0.25) is 0 Å². The van der Waals surface area contributed by atoms with E-state index in [2.05, 4.69) is 28.5 Å². The zero-order valence-corrected chi connectivity index (χ0v) is 18.2. The summed E-state index contributed by atoms with van der Waals surface area (Å²) in [5, 5.41) is 4.72. The van der Waals surface area contributed by atoms with Gasteiger partial charge in [-0.15, -0.1) is 13.2 Å². The largest absolute Gasteiger partial charge is 0.573 e. The molecule has 2 saturated carbocycles. The van der Waals surface area contributed by atoms with E-state index in [-0.39, 0.29) is 11.9 Å². The van der Waals surface area contributed by atoms with Gasteiger partial charge in [-0.05, 0) is 50.7 Å². The molecule has 2 N–H and O–H groups in total. The predicted molar refractivity (Wildman–Crippen MR) is 112 cm³/mol. The smallest absolute Gasteiger partial charge is 0.402 e. The molecule has 2 aromatic rings. The maximum Gasteiger partial charge on any atom is 0.573 e. The zero-order valence-electron chi connectivity index (χ0n) is 18.2. The summed E-state index contributed by atoms with van der Waals surface area (Å²) in [5.41, 5.74) is 7.77. The van der Waals surface area contributed by atoms with Gasteiger partial charge >= 0.3 is 6.36 Å². The van der Waals surface area contributed by atoms with Gasteiger partial charge in [0.15, 0.2) is 11.6 Å². The van der Waals surface area contributed by atoms with Gasteiger partial charge in [-0.1, -0.05) is 0 Å². The summed E-state index contributed by atoms with van der Waals surface area (Å²) in [6.07, 6.45) is -1.03. The molecular formula is C22H28F3N5O2. The average molecular weight is 451 g/mol. The molecule has 32 heavy (non-hydrogen) atoms. The molecule has 0 spiro atoms. The maximum absolute atomic E-state index is 12.7. The van der Waals surface area contributed by atoms with Crippen molar-refractivity contribution in [3.05, 3.63) is 24.0 Å². The van der Waals surface area contributed by atoms with Crippen molar-refractivity contribution in [1.82, 2.24) is 19.7 Å². The molecule has 1 aliphatic heterocycles. The van der Waals surface area contributed by atoms with Crippen molar-refractivity contribution in [3.63, 3.8) is 0 Å². The standard InChI is InChI=1S/C22H28F3N5O2/c1-12(2)30-18(20-15-8-14(9-16(15)20)29-3-5-31-6-4-29)10-17(28-30)13-7-19(21(26)27-11-13)32-22(23,24)25/h7,10-12,14-16,20H,3-6,8-9H2,1-2H3,(H2,26,27)/t14-,15+,16-,20-. The lowest BCUT2D eigenvalue weighted by Gasteiger charge is -2.33. The van der Waals surface area contributed by atoms with E-state index in [0.717, 1.165) is 32.0 Å². The van der Waals surface area contributed by atoms with Gasteiger partial charge in [0.25, 0.3) is 0 Å². The highest BCUT2D eigenvalue weighted by Crippen LogP contribution is 2.64. The third-order valence-electron chi connectivity index (χ3n) is 6.98. The summed E-state index contributed by atoms with van der Waals surface area (Å²) < 4.78 is 49.6. The van der Waals surface area contributed by atoms with E-state index in [4.69, 9.17) is 15.6 Å². The first kappa shape index (κ1) is 21.5. The highest BCUT2D eigenvalue weighted by atomic mass is 19.4. The van der Waals surface area contributed by atoms with Crippen molar-refractivity contribution in [3.8, 4) is 17.0 Å². The molecule has 3 heterocycles. The van der Waals surface area contributed by atoms with E-state index in [1.807, 2.05) is 10.7 Å². The van der Waals surface area contributed by atoms with Crippen LogP contribution in [0.4, 0.5) is 19.0 Å². The monoisotopic (exact) mass is 451 g/mol. The second kappa shape index (κ2) is 7.91. The Balaban J connectivity index is 1.36. The molecule has 3 aliphatic rings. The number of halogens is 3. The van der Waals surface area contributed by atoms with Crippen LogP contribution in [0.3, 0.4) is 0 Å². The molecule has 10 heteroatoms. The number of hydrogen-bond donors (Lipinski definition) is 1. The highest BCUT2D eigenvalue weighted by Gasteiger charge is 2.58. The van der Waals surface area contributed by atoms with Gasteiger partial charge in [0.1, 0.15) is 0 Å². The fourth-order valence-corrected chi connectivity index (χ4v) is 5.51. The van der Waals surface area contributed by atoms with Crippen molar-refractivity contribution in [2.45, 2.75) is 51.1 Å². The van der Waals surface area contributed by atoms with Crippen molar-refractivity contribution in [2.75, 3.05) is 32.0 Å². The third-order valence-corrected chi connectivity index (χ3v) is 6.98. The Bertz CT molecular complexity index is 974. The van der Waals surface area contributed by atoms with Crippen molar-refractivity contribution >= 4 is 5.82 Å². The van der Waals surface area contributed by atoms with Crippen LogP contribution in [0.5, 0.6) is 5.75 Å². The van der Waals surface area contributed by atoms with Crippen LogP contribution in [0.1, 0.15) is 44.3 Å². The topological polar surface area (TPSA) is 78.4 Å². The fraction of sp³-hybridized carbons (Fsp3) is 0.636. The van der Waals surface area contributed by atoms with Crippen molar-refractivity contribution in [2.24, 2.45) is 11.8 Å². The van der Waals surface area contributed by atoms with Crippen molar-refractivity contribution < 1.29 is 22.6 Å². The Morgan fingerprint density at radius 1 is 1.16 bits per heavy atom. The lowest BCUT2D eigenvalue weighted by Crippen LogP contribution is -2.43. The first-order valence-electron chi connectivity index (χ1n) is 11.1. The molecule has 4 atom stereocenters. The first-order valence-corrected chi connectivity index (χ1v) is 11.1. The van der Waals surface area contributed by atoms with Gasteiger partial charge < -0.3 is 15.2 Å². The molecule has 2 aliphatic carbocycles. The van der Waals surface area contributed by atoms with E-state index in [1.165, 1.54) is 25.1 Å². The van der Waals surface area contributed by atoms with E-state index in [1.54, 1.807) is 0 Å². The summed E-state index contributed by atoms with van der Waals surface area (Å²) in [7, 11) is 0. The quantitative estimate of drug-likeness (QED) is 0.745. The van der Waals surface area contributed by atoms with Gasteiger partial charge in [0.2, 0.25) is 0 Å². The van der Waals surface area contributed by atoms with Crippen LogP contribution in [0.15, 0.2) is 18.3 Å². The number of nitrogens with two attached hydrogens (primary N) is 1. The maximum atomic E-state index is 12.7. The van der Waals surface area contributed by atoms with Gasteiger partial charge in [0, 0.05) is 48.5 Å². The number of fused-ring (bicyclic) bond motifs is 1. The second-order valence-corrected chi connectivity index (χ2v) is 9.27. The number of nitrogen functional groups attached to an aromatic ring is 1. The summed E-state index contributed by atoms with van der Waals surface area (Å²) in [6, 6.07) is 4.03. The Kier molecular flexibility index (Phi) is 5.32. The average Bonchev–Trinajstić information content (AvgIpc) is 3.09. The lowest BCUT2D eigenvalue weighted by atomic mass is 10.0. The SMILES string of the molecule is CC(C)n1nc(-c2cnc(N)c(OC(F)(F)F)c2)cc1[C@H]1[C@@H]2C[C@H](N3CCOCC3)C[C@@H]21. The molecule has 0 radical (unpaired) electrons. The van der Waals surface area contributed by atoms with E-state index < -0.39 is 12.1 Å². The minimum Gasteiger partial charge on any atom is -0.402 e. The van der Waals surface area contributed by atoms with Gasteiger partial charge in [-0.25, -0.2) is 4.98 Å². The third kappa shape index (κ3) is 4.05. The van der Waals surface area contributed by atoms with E-state index in [9.17, 15) is 13.2 Å².